The summed E-state index contributed by atoms with van der Waals surface area (Å²) in [5.41, 5.74) is 3.46. The van der Waals surface area contributed by atoms with Crippen LogP contribution in [-0.4, -0.2) is 36.3 Å². The lowest BCUT2D eigenvalue weighted by atomic mass is 10.0. The normalized spacial score (nSPS) is 12.9. The molecule has 0 atom stereocenters. The molecule has 2 aromatic rings. The molecular formula is C17H20N4O4. The summed E-state index contributed by atoms with van der Waals surface area (Å²) < 4.78 is 5.34. The van der Waals surface area contributed by atoms with E-state index in [2.05, 4.69) is 20.5 Å². The summed E-state index contributed by atoms with van der Waals surface area (Å²) in [6.45, 7) is 3.81. The van der Waals surface area contributed by atoms with Crippen LogP contribution in [0.25, 0.3) is 0 Å². The Morgan fingerprint density at radius 2 is 1.76 bits per heavy atom. The summed E-state index contributed by atoms with van der Waals surface area (Å²) in [6.07, 6.45) is 2.91. The summed E-state index contributed by atoms with van der Waals surface area (Å²) in [5.74, 6) is 0.497. The van der Waals surface area contributed by atoms with Gasteiger partial charge in [-0.1, -0.05) is 39.7 Å². The third-order valence-electron chi connectivity index (χ3n) is 3.29. The molecular weight excluding hydrogens is 324 g/mol. The van der Waals surface area contributed by atoms with E-state index in [4.69, 9.17) is 18.9 Å². The minimum absolute atomic E-state index is 0.241. The van der Waals surface area contributed by atoms with Gasteiger partial charge in [0.05, 0.1) is 6.20 Å². The van der Waals surface area contributed by atoms with Crippen molar-refractivity contribution in [3.63, 3.8) is 0 Å². The van der Waals surface area contributed by atoms with E-state index in [1.165, 1.54) is 20.6 Å². The van der Waals surface area contributed by atoms with Crippen molar-refractivity contribution in [3.8, 4) is 0 Å². The number of rotatable bonds is 8. The van der Waals surface area contributed by atoms with Gasteiger partial charge in [-0.05, 0) is 13.8 Å². The Morgan fingerprint density at radius 1 is 1.04 bits per heavy atom. The van der Waals surface area contributed by atoms with Crippen molar-refractivity contribution in [1.29, 1.82) is 0 Å². The van der Waals surface area contributed by atoms with Gasteiger partial charge in [-0.25, -0.2) is 4.98 Å². The lowest BCUT2D eigenvalue weighted by molar-refractivity contribution is 0.130. The molecule has 0 fully saturated rings. The molecule has 132 valence electrons. The third-order valence-corrected chi connectivity index (χ3v) is 3.29. The first-order valence-electron chi connectivity index (χ1n) is 7.50. The van der Waals surface area contributed by atoms with Gasteiger partial charge >= 0.3 is 0 Å². The molecule has 0 bridgehead atoms. The van der Waals surface area contributed by atoms with Crippen molar-refractivity contribution in [1.82, 2.24) is 4.98 Å². The minimum atomic E-state index is 0.241. The summed E-state index contributed by atoms with van der Waals surface area (Å²) in [5, 5.41) is 11.9. The van der Waals surface area contributed by atoms with Crippen molar-refractivity contribution < 1.29 is 18.9 Å². The summed E-state index contributed by atoms with van der Waals surface area (Å²) >= 11 is 0. The molecule has 0 aliphatic rings. The number of hydrogen-bond donors (Lipinski definition) is 0. The minimum Gasteiger partial charge on any atom is -0.442 e. The molecule has 0 saturated heterocycles. The fourth-order valence-electron chi connectivity index (χ4n) is 2.00. The monoisotopic (exact) mass is 344 g/mol. The van der Waals surface area contributed by atoms with Crippen molar-refractivity contribution in [2.75, 3.05) is 14.2 Å². The van der Waals surface area contributed by atoms with E-state index in [-0.39, 0.29) is 6.61 Å². The Balaban J connectivity index is 2.22. The number of benzene rings is 1. The van der Waals surface area contributed by atoms with Crippen LogP contribution >= 0.6 is 0 Å². The van der Waals surface area contributed by atoms with Gasteiger partial charge in [0.25, 0.3) is 0 Å². The molecule has 1 aromatic heterocycles. The van der Waals surface area contributed by atoms with E-state index in [1.807, 2.05) is 24.3 Å². The molecule has 0 unspecified atom stereocenters. The average Bonchev–Trinajstić information content (AvgIpc) is 3.14. The van der Waals surface area contributed by atoms with Crippen molar-refractivity contribution >= 4 is 17.1 Å². The Hall–Kier alpha value is -3.16. The maximum absolute atomic E-state index is 5.44. The second kappa shape index (κ2) is 9.21. The SMILES string of the molecule is CON=C(C)C(C)=NOCc1ccccc1C(=NOC)c1cnco1. The molecule has 0 radical (unpaired) electrons. The van der Waals surface area contributed by atoms with E-state index in [9.17, 15) is 0 Å². The number of nitrogens with zero attached hydrogens (tertiary/aromatic N) is 4. The molecule has 0 spiro atoms. The molecule has 0 aliphatic carbocycles. The maximum atomic E-state index is 5.44. The highest BCUT2D eigenvalue weighted by molar-refractivity contribution is 6.40. The van der Waals surface area contributed by atoms with Crippen molar-refractivity contribution in [2.45, 2.75) is 20.5 Å². The van der Waals surface area contributed by atoms with Gasteiger partial charge in [0.1, 0.15) is 32.2 Å². The number of aromatic nitrogens is 1. The van der Waals surface area contributed by atoms with Crippen LogP contribution in [0.4, 0.5) is 0 Å². The molecule has 1 aromatic carbocycles. The van der Waals surface area contributed by atoms with E-state index >= 15 is 0 Å². The van der Waals surface area contributed by atoms with Gasteiger partial charge in [0.2, 0.25) is 0 Å². The van der Waals surface area contributed by atoms with E-state index in [0.29, 0.717) is 22.9 Å². The number of hydrogen-bond acceptors (Lipinski definition) is 8. The Morgan fingerprint density at radius 3 is 2.44 bits per heavy atom. The second-order valence-electron chi connectivity index (χ2n) is 4.95. The molecule has 8 nitrogen and oxygen atoms in total. The first-order chi connectivity index (χ1) is 12.2. The molecule has 8 heteroatoms. The lowest BCUT2D eigenvalue weighted by Gasteiger charge is -2.09. The van der Waals surface area contributed by atoms with Crippen LogP contribution in [0.1, 0.15) is 30.7 Å². The Kier molecular flexibility index (Phi) is 6.70. The highest BCUT2D eigenvalue weighted by Gasteiger charge is 2.16. The van der Waals surface area contributed by atoms with Gasteiger partial charge in [-0.15, -0.1) is 0 Å². The van der Waals surface area contributed by atoms with Gasteiger partial charge in [0.15, 0.2) is 17.9 Å². The predicted octanol–water partition coefficient (Wildman–Crippen LogP) is 2.99. The molecule has 0 aliphatic heterocycles. The average molecular weight is 344 g/mol. The smallest absolute Gasteiger partial charge is 0.181 e. The van der Waals surface area contributed by atoms with Crippen LogP contribution in [0.5, 0.6) is 0 Å². The second-order valence-corrected chi connectivity index (χ2v) is 4.95. The molecule has 2 rings (SSSR count). The topological polar surface area (TPSA) is 90.8 Å². The van der Waals surface area contributed by atoms with Gasteiger partial charge in [-0.3, -0.25) is 0 Å². The molecule has 0 N–H and O–H groups in total. The Bertz CT molecular complexity index is 767. The highest BCUT2D eigenvalue weighted by atomic mass is 16.6. The number of oxime groups is 3. The zero-order valence-corrected chi connectivity index (χ0v) is 14.6. The highest BCUT2D eigenvalue weighted by Crippen LogP contribution is 2.17. The van der Waals surface area contributed by atoms with E-state index in [0.717, 1.165) is 11.1 Å². The molecule has 0 saturated carbocycles. The van der Waals surface area contributed by atoms with E-state index in [1.54, 1.807) is 20.0 Å². The van der Waals surface area contributed by atoms with Gasteiger partial charge in [-0.2, -0.15) is 0 Å². The van der Waals surface area contributed by atoms with Crippen LogP contribution in [-0.2, 0) is 21.1 Å². The van der Waals surface area contributed by atoms with Crippen LogP contribution in [0.15, 0.2) is 56.7 Å². The predicted molar refractivity (Wildman–Crippen MR) is 93.6 cm³/mol. The Labute approximate surface area is 145 Å². The zero-order valence-electron chi connectivity index (χ0n) is 14.6. The van der Waals surface area contributed by atoms with Crippen LogP contribution < -0.4 is 0 Å². The molecule has 1 heterocycles. The maximum Gasteiger partial charge on any atom is 0.181 e. The third kappa shape index (κ3) is 4.90. The standard InChI is InChI=1S/C17H20N4O4/c1-12(19-22-3)13(2)20-25-10-14-7-5-6-8-15(14)17(21-23-4)16-9-18-11-24-16/h5-9,11H,10H2,1-4H3. The first-order valence-corrected chi connectivity index (χ1v) is 7.50. The fourth-order valence-corrected chi connectivity index (χ4v) is 2.00. The zero-order chi connectivity index (χ0) is 18.1. The van der Waals surface area contributed by atoms with E-state index < -0.39 is 0 Å². The quantitative estimate of drug-likeness (QED) is 0.542. The van der Waals surface area contributed by atoms with Crippen molar-refractivity contribution in [3.05, 3.63) is 53.7 Å². The fraction of sp³-hybridized carbons (Fsp3) is 0.294. The van der Waals surface area contributed by atoms with Gasteiger partial charge < -0.3 is 18.9 Å². The van der Waals surface area contributed by atoms with Crippen LogP contribution in [0, 0.1) is 0 Å². The summed E-state index contributed by atoms with van der Waals surface area (Å²) in [6, 6.07) is 7.61. The van der Waals surface area contributed by atoms with Crippen LogP contribution in [0.2, 0.25) is 0 Å². The molecule has 25 heavy (non-hydrogen) atoms. The lowest BCUT2D eigenvalue weighted by Crippen LogP contribution is -2.09. The summed E-state index contributed by atoms with van der Waals surface area (Å²) in [7, 11) is 2.95. The largest absolute Gasteiger partial charge is 0.442 e. The van der Waals surface area contributed by atoms with Gasteiger partial charge in [0, 0.05) is 11.1 Å². The van der Waals surface area contributed by atoms with Crippen LogP contribution in [0.3, 0.4) is 0 Å². The number of oxazole rings is 1. The summed E-state index contributed by atoms with van der Waals surface area (Å²) in [4.78, 5) is 19.0. The first kappa shape index (κ1) is 18.2. The van der Waals surface area contributed by atoms with Crippen molar-refractivity contribution in [2.24, 2.45) is 15.5 Å². The molecule has 0 amide bonds.